The van der Waals surface area contributed by atoms with Crippen LogP contribution in [0.4, 0.5) is 13.2 Å². The number of halogens is 4. The second-order valence-electron chi connectivity index (χ2n) is 4.13. The molecule has 3 nitrogen and oxygen atoms in total. The Morgan fingerprint density at radius 3 is 2.10 bits per heavy atom. The molecule has 0 aliphatic carbocycles. The minimum Gasteiger partial charge on any atom is -0.406 e. The van der Waals surface area contributed by atoms with Crippen molar-refractivity contribution in [1.82, 2.24) is 0 Å². The van der Waals surface area contributed by atoms with Crippen LogP contribution < -0.4 is 10.5 Å². The topological polar surface area (TPSA) is 52.3 Å². The van der Waals surface area contributed by atoms with Gasteiger partial charge in [0.1, 0.15) is 5.75 Å². The van der Waals surface area contributed by atoms with Crippen LogP contribution in [0.2, 0.25) is 5.02 Å². The molecule has 0 atom stereocenters. The van der Waals surface area contributed by atoms with Crippen molar-refractivity contribution in [2.24, 2.45) is 5.73 Å². The van der Waals surface area contributed by atoms with Crippen molar-refractivity contribution in [2.45, 2.75) is 6.36 Å². The first-order valence-corrected chi connectivity index (χ1v) is 6.09. The summed E-state index contributed by atoms with van der Waals surface area (Å²) in [6.45, 7) is 0. The minimum absolute atomic E-state index is 0.176. The number of alkyl halides is 3. The van der Waals surface area contributed by atoms with Gasteiger partial charge in [0.25, 0.3) is 0 Å². The maximum absolute atomic E-state index is 12.1. The largest absolute Gasteiger partial charge is 0.573 e. The van der Waals surface area contributed by atoms with Gasteiger partial charge < -0.3 is 10.5 Å². The summed E-state index contributed by atoms with van der Waals surface area (Å²) in [6, 6.07) is 9.87. The highest BCUT2D eigenvalue weighted by atomic mass is 35.5. The van der Waals surface area contributed by atoms with Crippen LogP contribution in [0.3, 0.4) is 0 Å². The molecule has 2 aromatic rings. The summed E-state index contributed by atoms with van der Waals surface area (Å²) >= 11 is 5.92. The standard InChI is InChI=1S/C14H9ClF3NO2/c15-12-7-9(3-6-11(12)13(19)20)8-1-4-10(5-2-8)21-14(16,17)18/h1-7H,(H2,19,20). The molecule has 2 N–H and O–H groups in total. The van der Waals surface area contributed by atoms with E-state index in [1.807, 2.05) is 0 Å². The molecule has 0 aliphatic heterocycles. The lowest BCUT2D eigenvalue weighted by Crippen LogP contribution is -2.16. The smallest absolute Gasteiger partial charge is 0.406 e. The van der Waals surface area contributed by atoms with Crippen molar-refractivity contribution in [3.63, 3.8) is 0 Å². The summed E-state index contributed by atoms with van der Waals surface area (Å²) in [7, 11) is 0. The number of hydrogen-bond donors (Lipinski definition) is 1. The lowest BCUT2D eigenvalue weighted by atomic mass is 10.0. The molecule has 2 rings (SSSR count). The molecular weight excluding hydrogens is 307 g/mol. The van der Waals surface area contributed by atoms with Crippen LogP contribution in [0, 0.1) is 0 Å². The van der Waals surface area contributed by atoms with E-state index in [0.29, 0.717) is 11.1 Å². The summed E-state index contributed by atoms with van der Waals surface area (Å²) in [5.74, 6) is -0.966. The van der Waals surface area contributed by atoms with Gasteiger partial charge in [0.2, 0.25) is 5.91 Å². The number of hydrogen-bond acceptors (Lipinski definition) is 2. The first-order chi connectivity index (χ1) is 9.76. The van der Waals surface area contributed by atoms with Gasteiger partial charge in [-0.15, -0.1) is 13.2 Å². The van der Waals surface area contributed by atoms with E-state index >= 15 is 0 Å². The predicted octanol–water partition coefficient (Wildman–Crippen LogP) is 4.00. The fourth-order valence-electron chi connectivity index (χ4n) is 1.74. The molecule has 0 heterocycles. The van der Waals surface area contributed by atoms with E-state index in [0.717, 1.165) is 0 Å². The van der Waals surface area contributed by atoms with E-state index in [2.05, 4.69) is 4.74 Å². The minimum atomic E-state index is -4.73. The Bertz CT molecular complexity index is 669. The zero-order valence-electron chi connectivity index (χ0n) is 10.4. The second kappa shape index (κ2) is 5.65. The zero-order chi connectivity index (χ0) is 15.6. The Labute approximate surface area is 123 Å². The van der Waals surface area contributed by atoms with Gasteiger partial charge in [0.15, 0.2) is 0 Å². The van der Waals surface area contributed by atoms with Gasteiger partial charge >= 0.3 is 6.36 Å². The van der Waals surface area contributed by atoms with Gasteiger partial charge in [0, 0.05) is 0 Å². The molecule has 1 amide bonds. The van der Waals surface area contributed by atoms with E-state index in [9.17, 15) is 18.0 Å². The average molecular weight is 316 g/mol. The van der Waals surface area contributed by atoms with Crippen LogP contribution in [-0.2, 0) is 0 Å². The molecule has 0 saturated heterocycles. The van der Waals surface area contributed by atoms with Crippen molar-refractivity contribution in [1.29, 1.82) is 0 Å². The summed E-state index contributed by atoms with van der Waals surface area (Å²) in [5.41, 5.74) is 6.58. The predicted molar refractivity (Wildman–Crippen MR) is 72.1 cm³/mol. The van der Waals surface area contributed by atoms with Crippen molar-refractivity contribution < 1.29 is 22.7 Å². The number of carbonyl (C=O) groups excluding carboxylic acids is 1. The number of primary amides is 1. The first-order valence-electron chi connectivity index (χ1n) is 5.72. The number of nitrogens with two attached hydrogens (primary N) is 1. The highest BCUT2D eigenvalue weighted by Gasteiger charge is 2.30. The Balaban J connectivity index is 2.27. The lowest BCUT2D eigenvalue weighted by Gasteiger charge is -2.10. The third kappa shape index (κ3) is 3.88. The van der Waals surface area contributed by atoms with Gasteiger partial charge in [-0.3, -0.25) is 4.79 Å². The SMILES string of the molecule is NC(=O)c1ccc(-c2ccc(OC(F)(F)F)cc2)cc1Cl. The van der Waals surface area contributed by atoms with Crippen molar-refractivity contribution in [3.8, 4) is 16.9 Å². The molecule has 0 unspecified atom stereocenters. The third-order valence-electron chi connectivity index (χ3n) is 2.66. The number of rotatable bonds is 3. The Morgan fingerprint density at radius 1 is 1.05 bits per heavy atom. The zero-order valence-corrected chi connectivity index (χ0v) is 11.2. The highest BCUT2D eigenvalue weighted by molar-refractivity contribution is 6.34. The summed E-state index contributed by atoms with van der Waals surface area (Å²) in [6.07, 6.45) is -4.73. The van der Waals surface area contributed by atoms with Gasteiger partial charge in [-0.05, 0) is 35.4 Å². The normalized spacial score (nSPS) is 11.2. The Kier molecular flexibility index (Phi) is 4.09. The maximum Gasteiger partial charge on any atom is 0.573 e. The second-order valence-corrected chi connectivity index (χ2v) is 4.54. The maximum atomic E-state index is 12.1. The van der Waals surface area contributed by atoms with E-state index in [1.54, 1.807) is 6.07 Å². The van der Waals surface area contributed by atoms with Crippen molar-refractivity contribution in [2.75, 3.05) is 0 Å². The van der Waals surface area contributed by atoms with E-state index < -0.39 is 12.3 Å². The van der Waals surface area contributed by atoms with Crippen molar-refractivity contribution in [3.05, 3.63) is 53.1 Å². The monoisotopic (exact) mass is 315 g/mol. The van der Waals surface area contributed by atoms with Gasteiger partial charge in [-0.1, -0.05) is 29.8 Å². The molecule has 0 radical (unpaired) electrons. The molecule has 0 bridgehead atoms. The molecule has 2 aromatic carbocycles. The fourth-order valence-corrected chi connectivity index (χ4v) is 2.02. The van der Waals surface area contributed by atoms with Crippen LogP contribution in [0.5, 0.6) is 5.75 Å². The third-order valence-corrected chi connectivity index (χ3v) is 2.97. The number of amides is 1. The van der Waals surface area contributed by atoms with Crippen LogP contribution in [0.15, 0.2) is 42.5 Å². The summed E-state index contributed by atoms with van der Waals surface area (Å²) in [4.78, 5) is 11.1. The van der Waals surface area contributed by atoms with Crippen LogP contribution in [0.25, 0.3) is 11.1 Å². The molecule has 110 valence electrons. The Hall–Kier alpha value is -2.21. The molecule has 7 heteroatoms. The number of carbonyl (C=O) groups is 1. The molecule has 0 aliphatic rings. The number of benzene rings is 2. The quantitative estimate of drug-likeness (QED) is 0.930. The molecule has 21 heavy (non-hydrogen) atoms. The molecule has 0 saturated carbocycles. The fraction of sp³-hybridized carbons (Fsp3) is 0.0714. The molecule has 0 spiro atoms. The Morgan fingerprint density at radius 2 is 1.62 bits per heavy atom. The van der Waals surface area contributed by atoms with E-state index in [-0.39, 0.29) is 16.3 Å². The van der Waals surface area contributed by atoms with Crippen LogP contribution >= 0.6 is 11.6 Å². The summed E-state index contributed by atoms with van der Waals surface area (Å²) in [5, 5.41) is 0.176. The van der Waals surface area contributed by atoms with Crippen LogP contribution in [-0.4, -0.2) is 12.3 Å². The van der Waals surface area contributed by atoms with Gasteiger partial charge in [-0.2, -0.15) is 0 Å². The molecule has 0 fully saturated rings. The van der Waals surface area contributed by atoms with Gasteiger partial charge in [-0.25, -0.2) is 0 Å². The van der Waals surface area contributed by atoms with Crippen LogP contribution in [0.1, 0.15) is 10.4 Å². The van der Waals surface area contributed by atoms with Crippen molar-refractivity contribution >= 4 is 17.5 Å². The first kappa shape index (κ1) is 15.2. The molecular formula is C14H9ClF3NO2. The van der Waals surface area contributed by atoms with E-state index in [1.165, 1.54) is 36.4 Å². The summed E-state index contributed by atoms with van der Waals surface area (Å²) < 4.78 is 39.9. The van der Waals surface area contributed by atoms with E-state index in [4.69, 9.17) is 17.3 Å². The molecule has 0 aromatic heterocycles. The van der Waals surface area contributed by atoms with Gasteiger partial charge in [0.05, 0.1) is 10.6 Å². The highest BCUT2D eigenvalue weighted by Crippen LogP contribution is 2.28. The number of ether oxygens (including phenoxy) is 1. The lowest BCUT2D eigenvalue weighted by molar-refractivity contribution is -0.274. The average Bonchev–Trinajstić information content (AvgIpc) is 2.37.